The maximum Gasteiger partial charge on any atom is 0.214 e. The van der Waals surface area contributed by atoms with E-state index in [1.165, 1.54) is 24.8 Å². The first kappa shape index (κ1) is 12.4. The molecule has 1 aromatic carbocycles. The highest BCUT2D eigenvalue weighted by atomic mass is 32.1. The standard InChI is InChI=1S/C14H18N4S/c19-14-16-15-13(11-12-7-3-1-4-8-12)18(14)17-9-5-2-6-10-17/h1,3-4,7-8H,2,5-6,9-11H2,(H,16,19). The van der Waals surface area contributed by atoms with Crippen LogP contribution in [0.5, 0.6) is 0 Å². The molecule has 1 aliphatic heterocycles. The molecule has 0 radical (unpaired) electrons. The first-order valence-electron chi connectivity index (χ1n) is 6.80. The van der Waals surface area contributed by atoms with Crippen molar-refractivity contribution in [3.8, 4) is 0 Å². The Kier molecular flexibility index (Phi) is 3.64. The van der Waals surface area contributed by atoms with Gasteiger partial charge in [0, 0.05) is 19.5 Å². The number of H-pyrrole nitrogens is 1. The van der Waals surface area contributed by atoms with Crippen molar-refractivity contribution in [2.45, 2.75) is 25.7 Å². The van der Waals surface area contributed by atoms with Crippen molar-refractivity contribution in [2.75, 3.05) is 18.1 Å². The van der Waals surface area contributed by atoms with Crippen LogP contribution in [0.4, 0.5) is 0 Å². The second kappa shape index (κ2) is 5.57. The van der Waals surface area contributed by atoms with Crippen molar-refractivity contribution in [2.24, 2.45) is 0 Å². The largest absolute Gasteiger partial charge is 0.309 e. The summed E-state index contributed by atoms with van der Waals surface area (Å²) in [7, 11) is 0. The van der Waals surface area contributed by atoms with Crippen LogP contribution in [0, 0.1) is 4.77 Å². The van der Waals surface area contributed by atoms with Gasteiger partial charge >= 0.3 is 0 Å². The van der Waals surface area contributed by atoms with E-state index >= 15 is 0 Å². The summed E-state index contributed by atoms with van der Waals surface area (Å²) in [6.45, 7) is 2.13. The summed E-state index contributed by atoms with van der Waals surface area (Å²) in [6.07, 6.45) is 4.59. The zero-order chi connectivity index (χ0) is 13.1. The molecular weight excluding hydrogens is 256 g/mol. The number of aromatic nitrogens is 3. The predicted molar refractivity (Wildman–Crippen MR) is 78.5 cm³/mol. The summed E-state index contributed by atoms with van der Waals surface area (Å²) in [5, 5.41) is 9.63. The Labute approximate surface area is 118 Å². The number of aromatic amines is 1. The van der Waals surface area contributed by atoms with E-state index in [2.05, 4.69) is 44.1 Å². The first-order valence-corrected chi connectivity index (χ1v) is 7.21. The van der Waals surface area contributed by atoms with Gasteiger partial charge < -0.3 is 5.01 Å². The first-order chi connectivity index (χ1) is 9.34. The van der Waals surface area contributed by atoms with Crippen molar-refractivity contribution >= 4 is 12.2 Å². The second-order valence-electron chi connectivity index (χ2n) is 4.93. The lowest BCUT2D eigenvalue weighted by Crippen LogP contribution is -2.40. The summed E-state index contributed by atoms with van der Waals surface area (Å²) in [5.41, 5.74) is 1.26. The van der Waals surface area contributed by atoms with Gasteiger partial charge in [-0.3, -0.25) is 5.10 Å². The van der Waals surface area contributed by atoms with E-state index in [0.717, 1.165) is 25.3 Å². The van der Waals surface area contributed by atoms with Crippen molar-refractivity contribution in [3.63, 3.8) is 0 Å². The molecule has 0 aliphatic carbocycles. The lowest BCUT2D eigenvalue weighted by atomic mass is 10.1. The summed E-state index contributed by atoms with van der Waals surface area (Å²) in [4.78, 5) is 0. The second-order valence-corrected chi connectivity index (χ2v) is 5.32. The number of rotatable bonds is 3. The highest BCUT2D eigenvalue weighted by Crippen LogP contribution is 2.13. The topological polar surface area (TPSA) is 36.9 Å². The Bertz CT molecular complexity index is 581. The van der Waals surface area contributed by atoms with E-state index in [-0.39, 0.29) is 0 Å². The molecule has 0 bridgehead atoms. The summed E-state index contributed by atoms with van der Waals surface area (Å²) in [6, 6.07) is 10.4. The van der Waals surface area contributed by atoms with E-state index in [4.69, 9.17) is 12.2 Å². The highest BCUT2D eigenvalue weighted by Gasteiger charge is 2.16. The van der Waals surface area contributed by atoms with Crippen LogP contribution >= 0.6 is 12.2 Å². The van der Waals surface area contributed by atoms with Gasteiger partial charge in [-0.15, -0.1) is 0 Å². The van der Waals surface area contributed by atoms with Crippen LogP contribution in [0.15, 0.2) is 30.3 Å². The van der Waals surface area contributed by atoms with E-state index in [0.29, 0.717) is 4.77 Å². The van der Waals surface area contributed by atoms with Crippen molar-refractivity contribution in [1.82, 2.24) is 14.9 Å². The molecule has 3 rings (SSSR count). The average Bonchev–Trinajstić information content (AvgIpc) is 2.82. The molecule has 2 aromatic rings. The zero-order valence-corrected chi connectivity index (χ0v) is 11.7. The predicted octanol–water partition coefficient (Wildman–Crippen LogP) is 2.65. The highest BCUT2D eigenvalue weighted by molar-refractivity contribution is 7.71. The molecule has 19 heavy (non-hydrogen) atoms. The number of nitrogens with zero attached hydrogens (tertiary/aromatic N) is 3. The van der Waals surface area contributed by atoms with Crippen LogP contribution in [-0.2, 0) is 6.42 Å². The maximum atomic E-state index is 5.37. The molecule has 5 heteroatoms. The van der Waals surface area contributed by atoms with Crippen molar-refractivity contribution in [3.05, 3.63) is 46.5 Å². The minimum atomic E-state index is 0.702. The van der Waals surface area contributed by atoms with Crippen molar-refractivity contribution in [1.29, 1.82) is 0 Å². The van der Waals surface area contributed by atoms with Crippen molar-refractivity contribution < 1.29 is 0 Å². The van der Waals surface area contributed by atoms with Crippen LogP contribution in [0.1, 0.15) is 30.7 Å². The summed E-state index contributed by atoms with van der Waals surface area (Å²) >= 11 is 5.37. The fraction of sp³-hybridized carbons (Fsp3) is 0.429. The molecule has 0 saturated carbocycles. The molecular formula is C14H18N4S. The van der Waals surface area contributed by atoms with Gasteiger partial charge in [-0.2, -0.15) is 5.10 Å². The van der Waals surface area contributed by atoms with E-state index in [1.807, 2.05) is 6.07 Å². The Hall–Kier alpha value is -1.62. The number of nitrogens with one attached hydrogen (secondary N) is 1. The molecule has 1 aromatic heterocycles. The third-order valence-corrected chi connectivity index (χ3v) is 3.80. The molecule has 100 valence electrons. The summed E-state index contributed by atoms with van der Waals surface area (Å²) < 4.78 is 2.79. The fourth-order valence-electron chi connectivity index (χ4n) is 2.59. The smallest absolute Gasteiger partial charge is 0.214 e. The Morgan fingerprint density at radius 3 is 2.58 bits per heavy atom. The maximum absolute atomic E-state index is 5.37. The number of hydrogen-bond acceptors (Lipinski definition) is 3. The third-order valence-electron chi connectivity index (χ3n) is 3.54. The van der Waals surface area contributed by atoms with Gasteiger partial charge in [0.05, 0.1) is 0 Å². The lowest BCUT2D eigenvalue weighted by molar-refractivity contribution is 0.466. The SMILES string of the molecule is S=c1[nH]nc(Cc2ccccc2)n1N1CCCCC1. The van der Waals surface area contributed by atoms with Gasteiger partial charge in [-0.1, -0.05) is 30.3 Å². The molecule has 0 amide bonds. The number of hydrogen-bond donors (Lipinski definition) is 1. The molecule has 0 unspecified atom stereocenters. The lowest BCUT2D eigenvalue weighted by Gasteiger charge is -2.30. The molecule has 1 aliphatic rings. The Morgan fingerprint density at radius 2 is 1.84 bits per heavy atom. The summed E-state index contributed by atoms with van der Waals surface area (Å²) in [5.74, 6) is 0.998. The molecule has 1 saturated heterocycles. The van der Waals surface area contributed by atoms with E-state index < -0.39 is 0 Å². The fourth-order valence-corrected chi connectivity index (χ4v) is 2.85. The van der Waals surface area contributed by atoms with Gasteiger partial charge in [-0.05, 0) is 37.0 Å². The van der Waals surface area contributed by atoms with Crippen LogP contribution in [0.25, 0.3) is 0 Å². The Balaban J connectivity index is 1.88. The molecule has 0 atom stereocenters. The third kappa shape index (κ3) is 2.71. The Morgan fingerprint density at radius 1 is 1.11 bits per heavy atom. The van der Waals surface area contributed by atoms with Crippen LogP contribution in [0.2, 0.25) is 0 Å². The number of benzene rings is 1. The minimum absolute atomic E-state index is 0.702. The molecule has 1 fully saturated rings. The molecule has 1 N–H and O–H groups in total. The van der Waals surface area contributed by atoms with Gasteiger partial charge in [0.2, 0.25) is 4.77 Å². The quantitative estimate of drug-likeness (QED) is 0.874. The monoisotopic (exact) mass is 274 g/mol. The number of piperidine rings is 1. The molecule has 0 spiro atoms. The normalized spacial score (nSPS) is 15.7. The van der Waals surface area contributed by atoms with Crippen LogP contribution in [-0.4, -0.2) is 28.0 Å². The molecule has 2 heterocycles. The van der Waals surface area contributed by atoms with Gasteiger partial charge in [-0.25, -0.2) is 4.68 Å². The average molecular weight is 274 g/mol. The van der Waals surface area contributed by atoms with Gasteiger partial charge in [0.15, 0.2) is 5.82 Å². The zero-order valence-electron chi connectivity index (χ0n) is 10.9. The van der Waals surface area contributed by atoms with E-state index in [1.54, 1.807) is 0 Å². The minimum Gasteiger partial charge on any atom is -0.309 e. The van der Waals surface area contributed by atoms with Gasteiger partial charge in [0.1, 0.15) is 0 Å². The van der Waals surface area contributed by atoms with Crippen LogP contribution < -0.4 is 5.01 Å². The van der Waals surface area contributed by atoms with E-state index in [9.17, 15) is 0 Å². The molecule has 4 nitrogen and oxygen atoms in total. The van der Waals surface area contributed by atoms with Crippen LogP contribution in [0.3, 0.4) is 0 Å². The van der Waals surface area contributed by atoms with Gasteiger partial charge in [0.25, 0.3) is 0 Å².